The number of benzene rings is 3. The van der Waals surface area contributed by atoms with Crippen molar-refractivity contribution >= 4 is 51.0 Å². The number of ether oxygens (including phenoxy) is 3. The SMILES string of the molecule is CN(C)CCOC(=N)c1cccc(-c2nc(NC(=O)C3(c4ccc5c(c4)OC(F)(I)O5)CC3)cc3ccccc23)c1. The Morgan fingerprint density at radius 3 is 2.63 bits per heavy atom. The van der Waals surface area contributed by atoms with Crippen molar-refractivity contribution in [3.63, 3.8) is 0 Å². The molecule has 1 unspecified atom stereocenters. The number of pyridine rings is 1. The summed E-state index contributed by atoms with van der Waals surface area (Å²) in [4.78, 5) is 20.5. The van der Waals surface area contributed by atoms with Gasteiger partial charge in [0.2, 0.25) is 11.8 Å². The maximum absolute atomic E-state index is 14.2. The monoisotopic (exact) mass is 666 g/mol. The summed E-state index contributed by atoms with van der Waals surface area (Å²) in [5, 5.41) is 13.3. The van der Waals surface area contributed by atoms with Gasteiger partial charge in [0.05, 0.1) is 33.7 Å². The Labute approximate surface area is 250 Å². The number of likely N-dealkylation sites (N-methyl/N-ethyl adjacent to an activating group) is 1. The third kappa shape index (κ3) is 5.58. The van der Waals surface area contributed by atoms with E-state index in [0.717, 1.165) is 21.9 Å². The number of hydrogen-bond donors (Lipinski definition) is 2. The molecule has 3 aromatic carbocycles. The zero-order chi connectivity index (χ0) is 28.8. The van der Waals surface area contributed by atoms with Crippen molar-refractivity contribution < 1.29 is 23.4 Å². The fourth-order valence-electron chi connectivity index (χ4n) is 4.96. The number of fused-ring (bicyclic) bond motifs is 2. The molecule has 1 atom stereocenters. The Balaban J connectivity index is 1.29. The molecule has 1 amide bonds. The van der Waals surface area contributed by atoms with Gasteiger partial charge in [0.1, 0.15) is 12.4 Å². The highest BCUT2D eigenvalue weighted by Crippen LogP contribution is 2.52. The molecule has 2 aliphatic rings. The first-order valence-electron chi connectivity index (χ1n) is 13.2. The van der Waals surface area contributed by atoms with Crippen LogP contribution in [0.3, 0.4) is 0 Å². The smallest absolute Gasteiger partial charge is 0.462 e. The van der Waals surface area contributed by atoms with Crippen LogP contribution in [-0.2, 0) is 14.9 Å². The summed E-state index contributed by atoms with van der Waals surface area (Å²) in [6.07, 6.45) is 1.31. The van der Waals surface area contributed by atoms with E-state index in [1.807, 2.05) is 73.6 Å². The molecule has 2 N–H and O–H groups in total. The van der Waals surface area contributed by atoms with Crippen molar-refractivity contribution in [3.8, 4) is 22.8 Å². The molecule has 0 spiro atoms. The number of rotatable bonds is 8. The second kappa shape index (κ2) is 10.6. The number of halogens is 2. The van der Waals surface area contributed by atoms with E-state index in [-0.39, 0.29) is 17.6 Å². The van der Waals surface area contributed by atoms with Crippen molar-refractivity contribution in [2.75, 3.05) is 32.6 Å². The highest BCUT2D eigenvalue weighted by molar-refractivity contribution is 14.1. The van der Waals surface area contributed by atoms with Gasteiger partial charge in [-0.2, -0.15) is 0 Å². The summed E-state index contributed by atoms with van der Waals surface area (Å²) >= 11 is 1.45. The average molecular weight is 666 g/mol. The molecule has 1 aliphatic heterocycles. The van der Waals surface area contributed by atoms with Crippen LogP contribution in [0, 0.1) is 5.41 Å². The normalized spacial score (nSPS) is 18.4. The van der Waals surface area contributed by atoms with E-state index < -0.39 is 9.46 Å². The highest BCUT2D eigenvalue weighted by Gasteiger charge is 2.52. The zero-order valence-electron chi connectivity index (χ0n) is 22.5. The lowest BCUT2D eigenvalue weighted by Gasteiger charge is -2.17. The summed E-state index contributed by atoms with van der Waals surface area (Å²) in [7, 11) is 3.91. The third-order valence-electron chi connectivity index (χ3n) is 7.30. The van der Waals surface area contributed by atoms with Crippen molar-refractivity contribution in [2.24, 2.45) is 0 Å². The Bertz CT molecular complexity index is 1670. The number of alkyl halides is 2. The molecule has 8 nitrogen and oxygen atoms in total. The van der Waals surface area contributed by atoms with E-state index in [1.165, 1.54) is 22.6 Å². The van der Waals surface area contributed by atoms with Crippen LogP contribution < -0.4 is 14.8 Å². The van der Waals surface area contributed by atoms with Gasteiger partial charge in [-0.05, 0) is 68.2 Å². The van der Waals surface area contributed by atoms with Crippen LogP contribution in [0.1, 0.15) is 24.0 Å². The van der Waals surface area contributed by atoms with Crippen molar-refractivity contribution in [1.82, 2.24) is 9.88 Å². The van der Waals surface area contributed by atoms with Crippen molar-refractivity contribution in [2.45, 2.75) is 22.3 Å². The first kappa shape index (κ1) is 27.4. The molecule has 10 heteroatoms. The van der Waals surface area contributed by atoms with Gasteiger partial charge in [0.25, 0.3) is 0 Å². The Morgan fingerprint density at radius 1 is 1.07 bits per heavy atom. The van der Waals surface area contributed by atoms with Crippen molar-refractivity contribution in [1.29, 1.82) is 5.41 Å². The minimum Gasteiger partial charge on any atom is -0.476 e. The van der Waals surface area contributed by atoms with Crippen LogP contribution in [0.15, 0.2) is 72.8 Å². The number of hydrogen-bond acceptors (Lipinski definition) is 7. The van der Waals surface area contributed by atoms with E-state index in [0.29, 0.717) is 48.8 Å². The second-order valence-electron chi connectivity index (χ2n) is 10.5. The van der Waals surface area contributed by atoms with E-state index in [4.69, 9.17) is 24.6 Å². The number of amides is 1. The van der Waals surface area contributed by atoms with Crippen LogP contribution in [0.2, 0.25) is 0 Å². The molecule has 0 bridgehead atoms. The van der Waals surface area contributed by atoms with E-state index >= 15 is 0 Å². The number of nitrogens with zero attached hydrogens (tertiary/aromatic N) is 2. The van der Waals surface area contributed by atoms with Crippen LogP contribution in [0.5, 0.6) is 11.5 Å². The lowest BCUT2D eigenvalue weighted by Crippen LogP contribution is -2.28. The topological polar surface area (TPSA) is 96.8 Å². The van der Waals surface area contributed by atoms with Gasteiger partial charge in [-0.3, -0.25) is 10.2 Å². The van der Waals surface area contributed by atoms with E-state index in [9.17, 15) is 9.18 Å². The summed E-state index contributed by atoms with van der Waals surface area (Å²) in [6, 6.07) is 22.3. The van der Waals surface area contributed by atoms with Crippen LogP contribution >= 0.6 is 22.6 Å². The second-order valence-corrected chi connectivity index (χ2v) is 11.8. The molecule has 4 aromatic rings. The van der Waals surface area contributed by atoms with Gasteiger partial charge >= 0.3 is 4.05 Å². The Morgan fingerprint density at radius 2 is 1.85 bits per heavy atom. The number of carbonyl (C=O) groups is 1. The van der Waals surface area contributed by atoms with E-state index in [1.54, 1.807) is 18.2 Å². The van der Waals surface area contributed by atoms with Crippen LogP contribution in [0.25, 0.3) is 22.0 Å². The number of carbonyl (C=O) groups excluding carboxylic acids is 1. The largest absolute Gasteiger partial charge is 0.476 e. The van der Waals surface area contributed by atoms with Crippen molar-refractivity contribution in [3.05, 3.63) is 83.9 Å². The van der Waals surface area contributed by atoms with Gasteiger partial charge < -0.3 is 24.4 Å². The molecule has 1 fully saturated rings. The molecule has 1 aliphatic carbocycles. The standard InChI is InChI=1S/C31H28FIN4O4/c1-37(2)14-15-39-28(34)21-8-5-7-20(16-21)27-23-9-4-3-6-19(23)17-26(35-27)36-29(38)30(12-13-30)22-10-11-24-25(18-22)41-31(32,33)40-24/h3-11,16-18,34H,12-15H2,1-2H3,(H,35,36,38). The fourth-order valence-corrected chi connectivity index (χ4v) is 5.43. The summed E-state index contributed by atoms with van der Waals surface area (Å²) in [6.45, 7) is 1.12. The molecule has 1 aromatic heterocycles. The Kier molecular flexibility index (Phi) is 7.06. The van der Waals surface area contributed by atoms with Crippen LogP contribution in [0.4, 0.5) is 10.2 Å². The summed E-state index contributed by atoms with van der Waals surface area (Å²) in [5.41, 5.74) is 2.13. The maximum atomic E-state index is 14.2. The molecule has 210 valence electrons. The molecule has 0 saturated heterocycles. The summed E-state index contributed by atoms with van der Waals surface area (Å²) in [5.74, 6) is 0.917. The molecular weight excluding hydrogens is 638 g/mol. The van der Waals surface area contributed by atoms with Gasteiger partial charge in [-0.15, -0.1) is 4.39 Å². The maximum Gasteiger partial charge on any atom is 0.462 e. The Hall–Kier alpha value is -3.77. The quantitative estimate of drug-likeness (QED) is 0.0998. The van der Waals surface area contributed by atoms with Gasteiger partial charge in [-0.25, -0.2) is 4.98 Å². The lowest BCUT2D eigenvalue weighted by molar-refractivity contribution is -0.118. The molecule has 6 rings (SSSR count). The lowest BCUT2D eigenvalue weighted by atomic mass is 9.94. The first-order valence-corrected chi connectivity index (χ1v) is 14.3. The van der Waals surface area contributed by atoms with Gasteiger partial charge in [0, 0.05) is 23.1 Å². The molecule has 41 heavy (non-hydrogen) atoms. The minimum atomic E-state index is -2.25. The predicted molar refractivity (Wildman–Crippen MR) is 164 cm³/mol. The fraction of sp³-hybridized carbons (Fsp3) is 0.258. The first-order chi connectivity index (χ1) is 19.6. The average Bonchev–Trinajstić information content (AvgIpc) is 3.69. The van der Waals surface area contributed by atoms with Crippen LogP contribution in [-0.4, -0.2) is 53.0 Å². The van der Waals surface area contributed by atoms with Gasteiger partial charge in [0.15, 0.2) is 11.5 Å². The van der Waals surface area contributed by atoms with E-state index in [2.05, 4.69) is 5.32 Å². The molecular formula is C31H28FIN4O4. The number of aromatic nitrogens is 1. The predicted octanol–water partition coefficient (Wildman–Crippen LogP) is 6.26. The molecule has 0 radical (unpaired) electrons. The zero-order valence-corrected chi connectivity index (χ0v) is 24.7. The highest BCUT2D eigenvalue weighted by atomic mass is 127. The summed E-state index contributed by atoms with van der Waals surface area (Å²) < 4.78 is 28.0. The van der Waals surface area contributed by atoms with Gasteiger partial charge in [-0.1, -0.05) is 42.5 Å². The molecule has 1 saturated carbocycles. The number of anilines is 1. The third-order valence-corrected chi connectivity index (χ3v) is 7.74. The minimum absolute atomic E-state index is 0.0921. The molecule has 2 heterocycles. The number of nitrogens with one attached hydrogen (secondary N) is 2.